The third-order valence-electron chi connectivity index (χ3n) is 4.90. The second-order valence-electron chi connectivity index (χ2n) is 6.83. The minimum atomic E-state index is -0.251. The van der Waals surface area contributed by atoms with Crippen molar-refractivity contribution in [1.29, 1.82) is 0 Å². The van der Waals surface area contributed by atoms with Crippen molar-refractivity contribution in [3.05, 3.63) is 54.7 Å². The van der Waals surface area contributed by atoms with Gasteiger partial charge in [-0.05, 0) is 50.6 Å². The molecule has 4 heterocycles. The van der Waals surface area contributed by atoms with Crippen LogP contribution in [0.25, 0.3) is 11.3 Å². The van der Waals surface area contributed by atoms with E-state index in [1.165, 1.54) is 6.33 Å². The molecule has 0 atom stereocenters. The van der Waals surface area contributed by atoms with Crippen LogP contribution in [0.15, 0.2) is 49.1 Å². The first kappa shape index (κ1) is 18.8. The average Bonchev–Trinajstić information content (AvgIpc) is 2.93. The first-order valence-corrected chi connectivity index (χ1v) is 9.69. The highest BCUT2D eigenvalue weighted by Crippen LogP contribution is 2.33. The molecule has 2 amide bonds. The van der Waals surface area contributed by atoms with E-state index in [4.69, 9.17) is 4.98 Å². The Morgan fingerprint density at radius 3 is 2.79 bits per heavy atom. The van der Waals surface area contributed by atoms with Gasteiger partial charge in [-0.2, -0.15) is 0 Å². The first-order valence-electron chi connectivity index (χ1n) is 9.69. The Labute approximate surface area is 169 Å². The summed E-state index contributed by atoms with van der Waals surface area (Å²) in [5, 5.41) is 2.85. The third kappa shape index (κ3) is 4.01. The fourth-order valence-electron chi connectivity index (χ4n) is 3.47. The van der Waals surface area contributed by atoms with E-state index in [1.807, 2.05) is 31.2 Å². The zero-order valence-electron chi connectivity index (χ0n) is 16.5. The summed E-state index contributed by atoms with van der Waals surface area (Å²) in [7, 11) is 0. The first-order chi connectivity index (χ1) is 14.2. The molecular formula is C21H23N7O. The van der Waals surface area contributed by atoms with Gasteiger partial charge in [0.2, 0.25) is 0 Å². The monoisotopic (exact) mass is 389 g/mol. The van der Waals surface area contributed by atoms with Crippen molar-refractivity contribution in [3.8, 4) is 11.3 Å². The van der Waals surface area contributed by atoms with Crippen molar-refractivity contribution >= 4 is 23.4 Å². The Morgan fingerprint density at radius 2 is 2.03 bits per heavy atom. The zero-order chi connectivity index (χ0) is 20.2. The number of fused-ring (bicyclic) bond motifs is 1. The lowest BCUT2D eigenvalue weighted by Gasteiger charge is -2.25. The maximum Gasteiger partial charge on any atom is 0.328 e. The number of hydrogen-bond donors (Lipinski definition) is 1. The number of rotatable bonds is 3. The van der Waals surface area contributed by atoms with Crippen LogP contribution < -0.4 is 15.1 Å². The average molecular weight is 389 g/mol. The molecule has 148 valence electrons. The fourth-order valence-corrected chi connectivity index (χ4v) is 3.47. The molecule has 0 saturated heterocycles. The number of nitrogens with one attached hydrogen (secondary N) is 1. The topological polar surface area (TPSA) is 87.1 Å². The maximum atomic E-state index is 13.1. The summed E-state index contributed by atoms with van der Waals surface area (Å²) in [6, 6.07) is 9.39. The Bertz CT molecular complexity index is 1010. The van der Waals surface area contributed by atoms with Gasteiger partial charge >= 0.3 is 6.03 Å². The number of anilines is 3. The molecule has 29 heavy (non-hydrogen) atoms. The van der Waals surface area contributed by atoms with Crippen LogP contribution in [-0.2, 0) is 0 Å². The van der Waals surface area contributed by atoms with E-state index in [0.717, 1.165) is 42.1 Å². The Hall–Kier alpha value is -3.55. The number of nitrogens with zero attached hydrogens (tertiary/aromatic N) is 6. The molecule has 1 N–H and O–H groups in total. The van der Waals surface area contributed by atoms with Crippen LogP contribution in [0.5, 0.6) is 0 Å². The van der Waals surface area contributed by atoms with E-state index in [1.54, 1.807) is 23.4 Å². The Kier molecular flexibility index (Phi) is 5.33. The molecule has 0 unspecified atom stereocenters. The molecular weight excluding hydrogens is 366 g/mol. The van der Waals surface area contributed by atoms with Gasteiger partial charge in [-0.1, -0.05) is 0 Å². The van der Waals surface area contributed by atoms with Gasteiger partial charge in [0.1, 0.15) is 12.1 Å². The van der Waals surface area contributed by atoms with E-state index in [-0.39, 0.29) is 6.03 Å². The number of urea groups is 1. The van der Waals surface area contributed by atoms with Crippen molar-refractivity contribution < 1.29 is 4.79 Å². The molecule has 4 rings (SSSR count). The molecule has 1 aliphatic rings. The lowest BCUT2D eigenvalue weighted by molar-refractivity contribution is 0.256. The van der Waals surface area contributed by atoms with E-state index < -0.39 is 0 Å². The zero-order valence-corrected chi connectivity index (χ0v) is 16.5. The Morgan fingerprint density at radius 1 is 1.14 bits per heavy atom. The van der Waals surface area contributed by atoms with Crippen LogP contribution in [0.4, 0.5) is 22.1 Å². The summed E-state index contributed by atoms with van der Waals surface area (Å²) in [5.41, 5.74) is 3.67. The van der Waals surface area contributed by atoms with E-state index in [9.17, 15) is 4.79 Å². The lowest BCUT2D eigenvalue weighted by atomic mass is 10.1. The van der Waals surface area contributed by atoms with Crippen molar-refractivity contribution in [2.45, 2.75) is 20.3 Å². The SMILES string of the molecule is CCN1CCCN(C(=O)Nc2ccncn2)c2nc(-c3ccnc(C)c3)ccc21. The van der Waals surface area contributed by atoms with Crippen molar-refractivity contribution in [2.75, 3.05) is 34.8 Å². The number of pyridine rings is 2. The quantitative estimate of drug-likeness (QED) is 0.738. The minimum Gasteiger partial charge on any atom is -0.369 e. The van der Waals surface area contributed by atoms with Gasteiger partial charge in [0.25, 0.3) is 0 Å². The molecule has 3 aromatic rings. The summed E-state index contributed by atoms with van der Waals surface area (Å²) in [6.07, 6.45) is 5.63. The van der Waals surface area contributed by atoms with E-state index >= 15 is 0 Å². The second kappa shape index (κ2) is 8.22. The van der Waals surface area contributed by atoms with Crippen molar-refractivity contribution in [2.24, 2.45) is 0 Å². The third-order valence-corrected chi connectivity index (χ3v) is 4.90. The largest absolute Gasteiger partial charge is 0.369 e. The molecule has 8 nitrogen and oxygen atoms in total. The van der Waals surface area contributed by atoms with Crippen LogP contribution in [0.2, 0.25) is 0 Å². The van der Waals surface area contributed by atoms with Gasteiger partial charge in [0, 0.05) is 43.3 Å². The molecule has 0 radical (unpaired) electrons. The summed E-state index contributed by atoms with van der Waals surface area (Å²) in [4.78, 5) is 34.1. The predicted molar refractivity (Wildman–Crippen MR) is 113 cm³/mol. The molecule has 0 aromatic carbocycles. The van der Waals surface area contributed by atoms with Crippen molar-refractivity contribution in [1.82, 2.24) is 19.9 Å². The van der Waals surface area contributed by atoms with Crippen LogP contribution in [0, 0.1) is 6.92 Å². The molecule has 0 saturated carbocycles. The van der Waals surface area contributed by atoms with Crippen LogP contribution >= 0.6 is 0 Å². The predicted octanol–water partition coefficient (Wildman–Crippen LogP) is 3.51. The molecule has 0 fully saturated rings. The van der Waals surface area contributed by atoms with Gasteiger partial charge in [-0.15, -0.1) is 0 Å². The molecule has 1 aliphatic heterocycles. The highest BCUT2D eigenvalue weighted by molar-refractivity contribution is 6.03. The summed E-state index contributed by atoms with van der Waals surface area (Å²) < 4.78 is 0. The maximum absolute atomic E-state index is 13.1. The van der Waals surface area contributed by atoms with Gasteiger partial charge < -0.3 is 4.90 Å². The highest BCUT2D eigenvalue weighted by Gasteiger charge is 2.26. The van der Waals surface area contributed by atoms with Gasteiger partial charge in [-0.25, -0.2) is 19.7 Å². The van der Waals surface area contributed by atoms with Gasteiger partial charge in [-0.3, -0.25) is 15.2 Å². The number of aromatic nitrogens is 4. The molecule has 8 heteroatoms. The summed E-state index contributed by atoms with van der Waals surface area (Å²) >= 11 is 0. The normalized spacial score (nSPS) is 13.6. The van der Waals surface area contributed by atoms with Crippen LogP contribution in [0.3, 0.4) is 0 Å². The number of hydrogen-bond acceptors (Lipinski definition) is 6. The van der Waals surface area contributed by atoms with Gasteiger partial charge in [0.05, 0.1) is 11.4 Å². The number of carbonyl (C=O) groups is 1. The number of aryl methyl sites for hydroxylation is 1. The summed E-state index contributed by atoms with van der Waals surface area (Å²) in [5.74, 6) is 1.12. The van der Waals surface area contributed by atoms with Gasteiger partial charge in [0.15, 0.2) is 5.82 Å². The van der Waals surface area contributed by atoms with Crippen LogP contribution in [-0.4, -0.2) is 45.6 Å². The summed E-state index contributed by atoms with van der Waals surface area (Å²) in [6.45, 7) is 6.36. The molecule has 0 bridgehead atoms. The number of carbonyl (C=O) groups excluding carboxylic acids is 1. The Balaban J connectivity index is 1.74. The molecule has 3 aromatic heterocycles. The van der Waals surface area contributed by atoms with Crippen molar-refractivity contribution in [3.63, 3.8) is 0 Å². The second-order valence-corrected chi connectivity index (χ2v) is 6.83. The molecule has 0 aliphatic carbocycles. The standard InChI is InChI=1S/C21H23N7O/c1-3-27-11-4-12-28(21(29)26-19-8-9-22-14-24-19)20-18(27)6-5-17(25-20)16-7-10-23-15(2)13-16/h5-10,13-14H,3-4,11-12H2,1-2H3,(H,22,24,26,29). The highest BCUT2D eigenvalue weighted by atomic mass is 16.2. The lowest BCUT2D eigenvalue weighted by Crippen LogP contribution is -2.36. The minimum absolute atomic E-state index is 0.251. The van der Waals surface area contributed by atoms with Crippen LogP contribution in [0.1, 0.15) is 19.0 Å². The van der Waals surface area contributed by atoms with E-state index in [2.05, 4.69) is 32.1 Å². The number of amides is 2. The fraction of sp³-hybridized carbons (Fsp3) is 0.286. The smallest absolute Gasteiger partial charge is 0.328 e. The molecule has 0 spiro atoms. The van der Waals surface area contributed by atoms with E-state index in [0.29, 0.717) is 18.2 Å².